The second kappa shape index (κ2) is 6.77. The molecule has 0 saturated carbocycles. The molecule has 1 aromatic carbocycles. The molecule has 1 aromatic rings. The number of nitrogens with zero attached hydrogens (tertiary/aromatic N) is 1. The summed E-state index contributed by atoms with van der Waals surface area (Å²) in [6.45, 7) is 2.92. The van der Waals surface area contributed by atoms with Gasteiger partial charge in [-0.3, -0.25) is 0 Å². The lowest BCUT2D eigenvalue weighted by Crippen LogP contribution is -2.28. The molecule has 0 atom stereocenters. The first-order chi connectivity index (χ1) is 8.79. The van der Waals surface area contributed by atoms with Gasteiger partial charge in [0.15, 0.2) is 0 Å². The minimum atomic E-state index is 0.600. The molecule has 0 spiro atoms. The third-order valence-electron chi connectivity index (χ3n) is 3.31. The number of piperidine rings is 1. The highest BCUT2D eigenvalue weighted by molar-refractivity contribution is 9.10. The van der Waals surface area contributed by atoms with Crippen LogP contribution in [0.25, 0.3) is 0 Å². The number of nitrogens with one attached hydrogen (secondary N) is 1. The van der Waals surface area contributed by atoms with Crippen molar-refractivity contribution in [1.29, 1.82) is 5.26 Å². The van der Waals surface area contributed by atoms with Gasteiger partial charge in [0.1, 0.15) is 11.8 Å². The molecule has 1 aliphatic heterocycles. The number of hydrogen-bond donors (Lipinski definition) is 1. The van der Waals surface area contributed by atoms with Crippen LogP contribution in [-0.2, 0) is 0 Å². The van der Waals surface area contributed by atoms with Gasteiger partial charge in [0.05, 0.1) is 12.2 Å². The first-order valence-corrected chi connectivity index (χ1v) is 7.12. The van der Waals surface area contributed by atoms with Crippen molar-refractivity contribution in [3.63, 3.8) is 0 Å². The lowest BCUT2D eigenvalue weighted by atomic mass is 9.95. The molecule has 1 saturated heterocycles. The molecule has 96 valence electrons. The fourth-order valence-corrected chi connectivity index (χ4v) is 2.55. The smallest absolute Gasteiger partial charge is 0.138 e. The van der Waals surface area contributed by atoms with Gasteiger partial charge < -0.3 is 10.1 Å². The van der Waals surface area contributed by atoms with Crippen molar-refractivity contribution >= 4 is 15.9 Å². The van der Waals surface area contributed by atoms with Crippen molar-refractivity contribution in [1.82, 2.24) is 5.32 Å². The van der Waals surface area contributed by atoms with Gasteiger partial charge in [-0.1, -0.05) is 15.9 Å². The Balaban J connectivity index is 1.86. The SMILES string of the molecule is N#Cc1ccc(Br)cc1OCCC1CCNCC1. The molecular weight excluding hydrogens is 292 g/mol. The predicted molar refractivity (Wildman–Crippen MR) is 74.6 cm³/mol. The standard InChI is InChI=1S/C14H17BrN2O/c15-13-2-1-12(10-16)14(9-13)18-8-5-11-3-6-17-7-4-11/h1-2,9,11,17H,3-8H2. The van der Waals surface area contributed by atoms with Gasteiger partial charge >= 0.3 is 0 Å². The summed E-state index contributed by atoms with van der Waals surface area (Å²) in [7, 11) is 0. The molecule has 0 radical (unpaired) electrons. The normalized spacial score (nSPS) is 16.2. The van der Waals surface area contributed by atoms with Gasteiger partial charge in [0, 0.05) is 4.47 Å². The zero-order chi connectivity index (χ0) is 12.8. The van der Waals surface area contributed by atoms with E-state index in [0.29, 0.717) is 17.9 Å². The van der Waals surface area contributed by atoms with Crippen LogP contribution in [-0.4, -0.2) is 19.7 Å². The van der Waals surface area contributed by atoms with Gasteiger partial charge in [-0.2, -0.15) is 5.26 Å². The van der Waals surface area contributed by atoms with Crippen molar-refractivity contribution in [2.75, 3.05) is 19.7 Å². The summed E-state index contributed by atoms with van der Waals surface area (Å²) in [6, 6.07) is 7.66. The Morgan fingerprint density at radius 3 is 2.89 bits per heavy atom. The molecule has 2 rings (SSSR count). The van der Waals surface area contributed by atoms with Crippen LogP contribution in [0.3, 0.4) is 0 Å². The van der Waals surface area contributed by atoms with Crippen molar-refractivity contribution < 1.29 is 4.74 Å². The molecule has 18 heavy (non-hydrogen) atoms. The highest BCUT2D eigenvalue weighted by Crippen LogP contribution is 2.24. The van der Waals surface area contributed by atoms with Crippen LogP contribution in [0, 0.1) is 17.2 Å². The summed E-state index contributed by atoms with van der Waals surface area (Å²) in [5.74, 6) is 1.43. The van der Waals surface area contributed by atoms with E-state index in [1.54, 1.807) is 6.07 Å². The molecule has 0 aromatic heterocycles. The molecule has 3 nitrogen and oxygen atoms in total. The first kappa shape index (κ1) is 13.4. The average Bonchev–Trinajstić information content (AvgIpc) is 2.40. The molecule has 0 unspecified atom stereocenters. The second-order valence-electron chi connectivity index (χ2n) is 4.58. The fourth-order valence-electron chi connectivity index (χ4n) is 2.21. The van der Waals surface area contributed by atoms with Crippen molar-refractivity contribution in [3.05, 3.63) is 28.2 Å². The van der Waals surface area contributed by atoms with E-state index >= 15 is 0 Å². The molecule has 1 fully saturated rings. The van der Waals surface area contributed by atoms with E-state index in [1.165, 1.54) is 12.8 Å². The van der Waals surface area contributed by atoms with Gasteiger partial charge in [-0.05, 0) is 56.5 Å². The monoisotopic (exact) mass is 308 g/mol. The molecule has 0 aliphatic carbocycles. The van der Waals surface area contributed by atoms with Crippen LogP contribution in [0.2, 0.25) is 0 Å². The van der Waals surface area contributed by atoms with Crippen LogP contribution >= 0.6 is 15.9 Å². The van der Waals surface area contributed by atoms with E-state index in [0.717, 1.165) is 29.9 Å². The highest BCUT2D eigenvalue weighted by Gasteiger charge is 2.13. The number of nitriles is 1. The second-order valence-corrected chi connectivity index (χ2v) is 5.50. The largest absolute Gasteiger partial charge is 0.492 e. The Bertz CT molecular complexity index is 436. The summed E-state index contributed by atoms with van der Waals surface area (Å²) in [5, 5.41) is 12.4. The van der Waals surface area contributed by atoms with Gasteiger partial charge in [-0.25, -0.2) is 0 Å². The summed E-state index contributed by atoms with van der Waals surface area (Å²) >= 11 is 3.40. The Morgan fingerprint density at radius 2 is 2.17 bits per heavy atom. The van der Waals surface area contributed by atoms with Gasteiger partial charge in [0.25, 0.3) is 0 Å². The number of ether oxygens (including phenoxy) is 1. The summed E-state index contributed by atoms with van der Waals surface area (Å²) in [6.07, 6.45) is 3.53. The number of halogens is 1. The zero-order valence-electron chi connectivity index (χ0n) is 10.3. The van der Waals surface area contributed by atoms with Gasteiger partial charge in [0.2, 0.25) is 0 Å². The molecule has 1 aliphatic rings. The number of benzene rings is 1. The quantitative estimate of drug-likeness (QED) is 0.929. The topological polar surface area (TPSA) is 45.0 Å². The van der Waals surface area contributed by atoms with Crippen LogP contribution in [0.15, 0.2) is 22.7 Å². The van der Waals surface area contributed by atoms with Crippen molar-refractivity contribution in [3.8, 4) is 11.8 Å². The predicted octanol–water partition coefficient (Wildman–Crippen LogP) is 3.09. The lowest BCUT2D eigenvalue weighted by Gasteiger charge is -2.22. The van der Waals surface area contributed by atoms with Crippen molar-refractivity contribution in [2.24, 2.45) is 5.92 Å². The summed E-state index contributed by atoms with van der Waals surface area (Å²) in [5.41, 5.74) is 0.600. The minimum Gasteiger partial charge on any atom is -0.492 e. The molecule has 0 bridgehead atoms. The summed E-state index contributed by atoms with van der Waals surface area (Å²) < 4.78 is 6.68. The molecule has 1 N–H and O–H groups in total. The van der Waals surface area contributed by atoms with Crippen LogP contribution < -0.4 is 10.1 Å². The van der Waals surface area contributed by atoms with E-state index in [4.69, 9.17) is 10.00 Å². The minimum absolute atomic E-state index is 0.600. The maximum absolute atomic E-state index is 9.00. The lowest BCUT2D eigenvalue weighted by molar-refractivity contribution is 0.251. The number of rotatable bonds is 4. The Hall–Kier alpha value is -1.05. The Labute approximate surface area is 116 Å². The van der Waals surface area contributed by atoms with Crippen LogP contribution in [0.1, 0.15) is 24.8 Å². The molecule has 4 heteroatoms. The van der Waals surface area contributed by atoms with E-state index in [9.17, 15) is 0 Å². The van der Waals surface area contributed by atoms with Crippen LogP contribution in [0.4, 0.5) is 0 Å². The van der Waals surface area contributed by atoms with Crippen LogP contribution in [0.5, 0.6) is 5.75 Å². The fraction of sp³-hybridized carbons (Fsp3) is 0.500. The first-order valence-electron chi connectivity index (χ1n) is 6.33. The zero-order valence-corrected chi connectivity index (χ0v) is 11.9. The van der Waals surface area contributed by atoms with E-state index in [-0.39, 0.29) is 0 Å². The molecule has 1 heterocycles. The Kier molecular flexibility index (Phi) is 5.03. The van der Waals surface area contributed by atoms with Gasteiger partial charge in [-0.15, -0.1) is 0 Å². The third kappa shape index (κ3) is 3.72. The Morgan fingerprint density at radius 1 is 1.39 bits per heavy atom. The van der Waals surface area contributed by atoms with E-state index in [2.05, 4.69) is 27.3 Å². The van der Waals surface area contributed by atoms with E-state index in [1.807, 2.05) is 12.1 Å². The molecular formula is C14H17BrN2O. The maximum atomic E-state index is 9.00. The number of hydrogen-bond acceptors (Lipinski definition) is 3. The average molecular weight is 309 g/mol. The maximum Gasteiger partial charge on any atom is 0.138 e. The third-order valence-corrected chi connectivity index (χ3v) is 3.80. The summed E-state index contributed by atoms with van der Waals surface area (Å²) in [4.78, 5) is 0. The van der Waals surface area contributed by atoms with Crippen molar-refractivity contribution in [2.45, 2.75) is 19.3 Å². The highest BCUT2D eigenvalue weighted by atomic mass is 79.9. The van der Waals surface area contributed by atoms with E-state index < -0.39 is 0 Å². The molecule has 0 amide bonds.